The largest absolute Gasteiger partial charge is 0.508 e. The maximum Gasteiger partial charge on any atom is 0.408 e. The molecule has 4 bridgehead atoms. The molecule has 1 atom stereocenters. The van der Waals surface area contributed by atoms with E-state index in [-0.39, 0.29) is 11.8 Å². The van der Waals surface area contributed by atoms with Gasteiger partial charge in [0.1, 0.15) is 23.1 Å². The number of carbonyl (C=O) groups excluding carboxylic acids is 2. The van der Waals surface area contributed by atoms with Crippen LogP contribution in [0.4, 0.5) is 4.79 Å². The van der Waals surface area contributed by atoms with E-state index in [9.17, 15) is 14.7 Å². The van der Waals surface area contributed by atoms with E-state index in [1.807, 2.05) is 13.8 Å². The third kappa shape index (κ3) is 8.83. The molecule has 3 N–H and O–H groups in total. The fourth-order valence-electron chi connectivity index (χ4n) is 7.85. The second kappa shape index (κ2) is 14.3. The van der Waals surface area contributed by atoms with Crippen molar-refractivity contribution >= 4 is 17.6 Å². The number of hydrogen-bond donors (Lipinski definition) is 3. The minimum absolute atomic E-state index is 0.191. The Morgan fingerprint density at radius 3 is 2.00 bits per heavy atom. The van der Waals surface area contributed by atoms with E-state index in [4.69, 9.17) is 9.47 Å². The molecule has 244 valence electrons. The average Bonchev–Trinajstić information content (AvgIpc) is 2.96. The second-order valence-corrected chi connectivity index (χ2v) is 14.9. The van der Waals surface area contributed by atoms with Gasteiger partial charge in [-0.05, 0) is 143 Å². The van der Waals surface area contributed by atoms with Crippen LogP contribution in [0.3, 0.4) is 0 Å². The SMILES string of the molecule is CC(C)C[C@H](NC(=O)OC(C)(C)C)C(=O)NCCCCOc1ccc(C(=C2C3CC4CC(C3)CC2C4)c2ccc(O)cc2)cc1. The first kappa shape index (κ1) is 32.9. The van der Waals surface area contributed by atoms with Crippen LogP contribution in [0.25, 0.3) is 5.57 Å². The molecule has 4 saturated carbocycles. The Kier molecular flexibility index (Phi) is 10.5. The molecule has 45 heavy (non-hydrogen) atoms. The van der Waals surface area contributed by atoms with E-state index in [0.717, 1.165) is 30.4 Å². The third-order valence-electron chi connectivity index (χ3n) is 9.46. The summed E-state index contributed by atoms with van der Waals surface area (Å²) in [6.07, 6.45) is 8.25. The molecule has 0 aromatic heterocycles. The quantitative estimate of drug-likeness (QED) is 0.211. The highest BCUT2D eigenvalue weighted by molar-refractivity contribution is 5.85. The van der Waals surface area contributed by atoms with Crippen LogP contribution in [-0.4, -0.2) is 41.9 Å². The zero-order chi connectivity index (χ0) is 32.1. The number of unbranched alkanes of at least 4 members (excludes halogenated alkanes) is 1. The standard InChI is InChI=1S/C38H52N2O5/c1-24(2)18-33(40-37(43)45-38(3,4)5)36(42)39-16-6-7-17-44-32-14-10-28(11-15-32)34(27-8-12-31(41)13-9-27)35-29-20-25-19-26(22-29)23-30(35)21-25/h8-15,24-26,29-30,33,41H,6-7,16-23H2,1-5H3,(H,39,42)(H,40,43)/t25?,26?,29?,30?,33-/m0/s1. The summed E-state index contributed by atoms with van der Waals surface area (Å²) in [4.78, 5) is 25.1. The molecular weight excluding hydrogens is 564 g/mol. The molecule has 0 aliphatic heterocycles. The number of phenolic OH excluding ortho intramolecular Hbond substituents is 1. The van der Waals surface area contributed by atoms with Gasteiger partial charge in [-0.2, -0.15) is 0 Å². The van der Waals surface area contributed by atoms with Gasteiger partial charge >= 0.3 is 6.09 Å². The molecule has 0 unspecified atom stereocenters. The monoisotopic (exact) mass is 616 g/mol. The first-order valence-electron chi connectivity index (χ1n) is 17.0. The summed E-state index contributed by atoms with van der Waals surface area (Å²) in [5, 5.41) is 15.7. The number of amides is 2. The highest BCUT2D eigenvalue weighted by Gasteiger charge is 2.46. The number of ether oxygens (including phenoxy) is 2. The minimum atomic E-state index is -0.630. The number of phenols is 1. The Morgan fingerprint density at radius 2 is 1.44 bits per heavy atom. The Labute approximate surface area is 269 Å². The van der Waals surface area contributed by atoms with Gasteiger partial charge in [0, 0.05) is 6.54 Å². The first-order valence-corrected chi connectivity index (χ1v) is 17.0. The van der Waals surface area contributed by atoms with Crippen molar-refractivity contribution in [3.8, 4) is 11.5 Å². The van der Waals surface area contributed by atoms with Crippen molar-refractivity contribution in [2.45, 2.75) is 97.6 Å². The molecular formula is C38H52N2O5. The predicted octanol–water partition coefficient (Wildman–Crippen LogP) is 7.86. The summed E-state index contributed by atoms with van der Waals surface area (Å²) >= 11 is 0. The molecule has 6 rings (SSSR count). The van der Waals surface area contributed by atoms with Crippen LogP contribution in [0, 0.1) is 29.6 Å². The maximum absolute atomic E-state index is 12.8. The van der Waals surface area contributed by atoms with E-state index >= 15 is 0 Å². The fourth-order valence-corrected chi connectivity index (χ4v) is 7.85. The molecule has 2 aromatic carbocycles. The van der Waals surface area contributed by atoms with Gasteiger partial charge in [0.2, 0.25) is 5.91 Å². The van der Waals surface area contributed by atoms with Crippen molar-refractivity contribution in [1.82, 2.24) is 10.6 Å². The summed E-state index contributed by atoms with van der Waals surface area (Å²) < 4.78 is 11.4. The molecule has 0 heterocycles. The second-order valence-electron chi connectivity index (χ2n) is 14.9. The van der Waals surface area contributed by atoms with E-state index < -0.39 is 17.7 Å². The zero-order valence-electron chi connectivity index (χ0n) is 27.7. The van der Waals surface area contributed by atoms with Gasteiger partial charge in [-0.15, -0.1) is 0 Å². The lowest BCUT2D eigenvalue weighted by Gasteiger charge is -2.52. The van der Waals surface area contributed by atoms with Crippen LogP contribution >= 0.6 is 0 Å². The van der Waals surface area contributed by atoms with Gasteiger partial charge in [-0.25, -0.2) is 4.79 Å². The smallest absolute Gasteiger partial charge is 0.408 e. The Balaban J connectivity index is 1.14. The highest BCUT2D eigenvalue weighted by atomic mass is 16.6. The molecule has 2 amide bonds. The molecule has 4 aliphatic rings. The lowest BCUT2D eigenvalue weighted by atomic mass is 9.53. The summed E-state index contributed by atoms with van der Waals surface area (Å²) in [6.45, 7) is 10.5. The molecule has 0 saturated heterocycles. The van der Waals surface area contributed by atoms with Crippen LogP contribution in [0.15, 0.2) is 54.1 Å². The Morgan fingerprint density at radius 1 is 0.867 bits per heavy atom. The maximum atomic E-state index is 12.8. The van der Waals surface area contributed by atoms with Gasteiger partial charge in [0.15, 0.2) is 0 Å². The van der Waals surface area contributed by atoms with Crippen molar-refractivity contribution in [2.75, 3.05) is 13.2 Å². The summed E-state index contributed by atoms with van der Waals surface area (Å²) in [5.74, 6) is 4.34. The average molecular weight is 617 g/mol. The van der Waals surface area contributed by atoms with Crippen molar-refractivity contribution in [2.24, 2.45) is 29.6 Å². The number of aromatic hydroxyl groups is 1. The van der Waals surface area contributed by atoms with Gasteiger partial charge in [0.25, 0.3) is 0 Å². The number of carbonyl (C=O) groups is 2. The topological polar surface area (TPSA) is 96.9 Å². The van der Waals surface area contributed by atoms with E-state index in [1.165, 1.54) is 48.8 Å². The first-order chi connectivity index (χ1) is 21.4. The molecule has 7 heteroatoms. The van der Waals surface area contributed by atoms with Crippen LogP contribution < -0.4 is 15.4 Å². The Bertz CT molecular complexity index is 1310. The van der Waals surface area contributed by atoms with Crippen molar-refractivity contribution in [1.29, 1.82) is 0 Å². The van der Waals surface area contributed by atoms with Crippen molar-refractivity contribution in [3.63, 3.8) is 0 Å². The number of allylic oxidation sites excluding steroid dienone is 1. The van der Waals surface area contributed by atoms with Gasteiger partial charge < -0.3 is 25.2 Å². The lowest BCUT2D eigenvalue weighted by Crippen LogP contribution is -2.49. The molecule has 4 fully saturated rings. The van der Waals surface area contributed by atoms with E-state index in [2.05, 4.69) is 47.0 Å². The number of hydrogen-bond acceptors (Lipinski definition) is 5. The van der Waals surface area contributed by atoms with Crippen molar-refractivity contribution < 1.29 is 24.2 Å². The molecule has 0 spiro atoms. The molecule has 2 aromatic rings. The number of alkyl carbamates (subject to hydrolysis) is 1. The van der Waals surface area contributed by atoms with E-state index in [1.54, 1.807) is 38.5 Å². The molecule has 7 nitrogen and oxygen atoms in total. The molecule has 4 aliphatic carbocycles. The number of benzene rings is 2. The number of rotatable bonds is 12. The van der Waals surface area contributed by atoms with Gasteiger partial charge in [-0.1, -0.05) is 43.7 Å². The lowest BCUT2D eigenvalue weighted by molar-refractivity contribution is -0.123. The fraction of sp³-hybridized carbons (Fsp3) is 0.579. The zero-order valence-corrected chi connectivity index (χ0v) is 27.7. The summed E-state index contributed by atoms with van der Waals surface area (Å²) in [6, 6.07) is 15.6. The van der Waals surface area contributed by atoms with Gasteiger partial charge in [0.05, 0.1) is 6.61 Å². The highest BCUT2D eigenvalue weighted by Crippen LogP contribution is 2.58. The minimum Gasteiger partial charge on any atom is -0.508 e. The summed E-state index contributed by atoms with van der Waals surface area (Å²) in [5.41, 5.74) is 4.77. The summed E-state index contributed by atoms with van der Waals surface area (Å²) in [7, 11) is 0. The predicted molar refractivity (Wildman–Crippen MR) is 178 cm³/mol. The normalized spacial score (nSPS) is 22.7. The van der Waals surface area contributed by atoms with Crippen LogP contribution in [0.2, 0.25) is 0 Å². The van der Waals surface area contributed by atoms with Gasteiger partial charge in [-0.3, -0.25) is 4.79 Å². The Hall–Kier alpha value is -3.48. The number of nitrogens with one attached hydrogen (secondary N) is 2. The van der Waals surface area contributed by atoms with Crippen molar-refractivity contribution in [3.05, 3.63) is 65.2 Å². The third-order valence-corrected chi connectivity index (χ3v) is 9.46. The van der Waals surface area contributed by atoms with E-state index in [0.29, 0.717) is 37.2 Å². The van der Waals surface area contributed by atoms with Crippen LogP contribution in [-0.2, 0) is 9.53 Å². The molecule has 0 radical (unpaired) electrons. The van der Waals surface area contributed by atoms with Crippen LogP contribution in [0.5, 0.6) is 11.5 Å². The van der Waals surface area contributed by atoms with Crippen LogP contribution in [0.1, 0.15) is 97.1 Å².